The Morgan fingerprint density at radius 2 is 2.00 bits per heavy atom. The monoisotopic (exact) mass is 321 g/mol. The number of amides is 1. The van der Waals surface area contributed by atoms with E-state index in [-0.39, 0.29) is 5.91 Å². The van der Waals surface area contributed by atoms with E-state index in [0.717, 1.165) is 0 Å². The van der Waals surface area contributed by atoms with E-state index in [4.69, 9.17) is 34.8 Å². The highest BCUT2D eigenvalue weighted by Gasteiger charge is 2.16. The minimum atomic E-state index is -0.0900. The van der Waals surface area contributed by atoms with Crippen molar-refractivity contribution in [3.63, 3.8) is 0 Å². The summed E-state index contributed by atoms with van der Waals surface area (Å²) in [7, 11) is 0. The van der Waals surface area contributed by atoms with Crippen molar-refractivity contribution in [3.8, 4) is 0 Å². The fourth-order valence-corrected chi connectivity index (χ4v) is 2.44. The summed E-state index contributed by atoms with van der Waals surface area (Å²) in [6, 6.07) is 3.22. The predicted octanol–water partition coefficient (Wildman–Crippen LogP) is 3.20. The summed E-state index contributed by atoms with van der Waals surface area (Å²) in [5, 5.41) is 11.8. The van der Waals surface area contributed by atoms with Crippen LogP contribution in [0, 0.1) is 0 Å². The maximum atomic E-state index is 10.9. The topological polar surface area (TPSA) is 53.8 Å². The smallest absolute Gasteiger partial charge is 0.236 e. The molecule has 0 spiro atoms. The molecule has 0 aliphatic carbocycles. The normalized spacial score (nSPS) is 17.7. The Bertz CT molecular complexity index is 560. The quantitative estimate of drug-likeness (QED) is 0.516. The summed E-state index contributed by atoms with van der Waals surface area (Å²) in [4.78, 5) is 10.9. The van der Waals surface area contributed by atoms with Crippen molar-refractivity contribution in [3.05, 3.63) is 32.8 Å². The highest BCUT2D eigenvalue weighted by Crippen LogP contribution is 2.30. The van der Waals surface area contributed by atoms with Crippen LogP contribution in [0.15, 0.2) is 22.3 Å². The van der Waals surface area contributed by atoms with Crippen LogP contribution in [0.1, 0.15) is 5.56 Å². The van der Waals surface area contributed by atoms with Gasteiger partial charge in [-0.05, 0) is 12.1 Å². The summed E-state index contributed by atoms with van der Waals surface area (Å²) in [6.45, 7) is 0. The first-order chi connectivity index (χ1) is 8.58. The van der Waals surface area contributed by atoms with Crippen LogP contribution in [0.4, 0.5) is 0 Å². The first-order valence-corrected chi connectivity index (χ1v) is 6.87. The minimum Gasteiger partial charge on any atom is -0.303 e. The molecule has 2 rings (SSSR count). The maximum absolute atomic E-state index is 10.9. The molecule has 1 saturated heterocycles. The van der Waals surface area contributed by atoms with Crippen molar-refractivity contribution in [1.82, 2.24) is 5.32 Å². The molecule has 1 amide bonds. The zero-order chi connectivity index (χ0) is 13.1. The van der Waals surface area contributed by atoms with Gasteiger partial charge in [-0.1, -0.05) is 46.6 Å². The lowest BCUT2D eigenvalue weighted by Gasteiger charge is -2.01. The number of nitrogens with zero attached hydrogens (tertiary/aromatic N) is 2. The number of hydrogen-bond donors (Lipinski definition) is 1. The molecule has 1 aliphatic rings. The molecule has 0 radical (unpaired) electrons. The maximum Gasteiger partial charge on any atom is 0.236 e. The molecule has 1 fully saturated rings. The van der Waals surface area contributed by atoms with Crippen LogP contribution in [0.3, 0.4) is 0 Å². The molecule has 0 saturated carbocycles. The number of carbonyl (C=O) groups is 1. The van der Waals surface area contributed by atoms with Gasteiger partial charge >= 0.3 is 0 Å². The average Bonchev–Trinajstić information content (AvgIpc) is 2.74. The van der Waals surface area contributed by atoms with E-state index in [1.165, 1.54) is 18.0 Å². The molecule has 1 N–H and O–H groups in total. The number of benzene rings is 1. The van der Waals surface area contributed by atoms with E-state index in [1.54, 1.807) is 12.1 Å². The van der Waals surface area contributed by atoms with Gasteiger partial charge in [0.25, 0.3) is 0 Å². The van der Waals surface area contributed by atoms with Crippen molar-refractivity contribution >= 4 is 63.9 Å². The lowest BCUT2D eigenvalue weighted by atomic mass is 10.2. The largest absolute Gasteiger partial charge is 0.303 e. The molecule has 1 aromatic rings. The van der Waals surface area contributed by atoms with Gasteiger partial charge in [0.15, 0.2) is 5.17 Å². The second kappa shape index (κ2) is 5.93. The molecule has 4 nitrogen and oxygen atoms in total. The molecule has 18 heavy (non-hydrogen) atoms. The standard InChI is InChI=1S/C10H6Cl3N3OS/c11-6-1-2-7(12)9(13)5(6)3-14-16-10-15-8(17)4-18-10/h1-3H,4H2,(H,15,16,17). The third kappa shape index (κ3) is 3.17. The molecule has 1 heterocycles. The van der Waals surface area contributed by atoms with E-state index in [0.29, 0.717) is 31.6 Å². The minimum absolute atomic E-state index is 0.0900. The van der Waals surface area contributed by atoms with Crippen molar-refractivity contribution in [1.29, 1.82) is 0 Å². The Balaban J connectivity index is 2.19. The van der Waals surface area contributed by atoms with Gasteiger partial charge in [-0.3, -0.25) is 4.79 Å². The van der Waals surface area contributed by atoms with Crippen molar-refractivity contribution in [2.45, 2.75) is 0 Å². The van der Waals surface area contributed by atoms with Gasteiger partial charge in [0, 0.05) is 5.56 Å². The third-order valence-corrected chi connectivity index (χ3v) is 4.01. The number of hydrogen-bond acceptors (Lipinski definition) is 4. The number of thioether (sulfide) groups is 1. The molecular weight excluding hydrogens is 317 g/mol. The molecule has 0 aromatic heterocycles. The number of nitrogens with one attached hydrogen (secondary N) is 1. The van der Waals surface area contributed by atoms with E-state index in [1.807, 2.05) is 0 Å². The Hall–Kier alpha value is -0.750. The van der Waals surface area contributed by atoms with Gasteiger partial charge < -0.3 is 5.32 Å². The first kappa shape index (κ1) is 13.7. The highest BCUT2D eigenvalue weighted by molar-refractivity contribution is 8.15. The van der Waals surface area contributed by atoms with Crippen LogP contribution in [0.5, 0.6) is 0 Å². The molecule has 0 unspecified atom stereocenters. The van der Waals surface area contributed by atoms with Gasteiger partial charge in [-0.15, -0.1) is 5.10 Å². The molecule has 0 atom stereocenters. The van der Waals surface area contributed by atoms with Gasteiger partial charge in [0.05, 0.1) is 27.0 Å². The fraction of sp³-hybridized carbons (Fsp3) is 0.100. The lowest BCUT2D eigenvalue weighted by Crippen LogP contribution is -2.19. The second-order valence-corrected chi connectivity index (χ2v) is 5.40. The number of amidine groups is 1. The Morgan fingerprint density at radius 3 is 2.67 bits per heavy atom. The number of rotatable bonds is 2. The van der Waals surface area contributed by atoms with E-state index < -0.39 is 0 Å². The zero-order valence-electron chi connectivity index (χ0n) is 8.78. The van der Waals surface area contributed by atoms with Gasteiger partial charge in [0.2, 0.25) is 5.91 Å². The molecule has 1 aliphatic heterocycles. The summed E-state index contributed by atoms with van der Waals surface area (Å²) < 4.78 is 0. The van der Waals surface area contributed by atoms with E-state index >= 15 is 0 Å². The summed E-state index contributed by atoms with van der Waals surface area (Å²) in [5.41, 5.74) is 0.490. The van der Waals surface area contributed by atoms with Crippen molar-refractivity contribution in [2.75, 3.05) is 5.75 Å². The molecular formula is C10H6Cl3N3OS. The Morgan fingerprint density at radius 1 is 1.28 bits per heavy atom. The van der Waals surface area contributed by atoms with Crippen LogP contribution < -0.4 is 5.32 Å². The molecule has 1 aromatic carbocycles. The van der Waals surface area contributed by atoms with Gasteiger partial charge in [-0.25, -0.2) is 0 Å². The van der Waals surface area contributed by atoms with Crippen LogP contribution in [-0.4, -0.2) is 23.0 Å². The zero-order valence-corrected chi connectivity index (χ0v) is 11.9. The van der Waals surface area contributed by atoms with Crippen LogP contribution in [-0.2, 0) is 4.79 Å². The second-order valence-electron chi connectivity index (χ2n) is 3.24. The van der Waals surface area contributed by atoms with Crippen LogP contribution in [0.25, 0.3) is 0 Å². The summed E-state index contributed by atoms with van der Waals surface area (Å²) >= 11 is 19.1. The third-order valence-electron chi connectivity index (χ3n) is 2.00. The number of halogens is 3. The molecule has 94 valence electrons. The van der Waals surface area contributed by atoms with Gasteiger partial charge in [0.1, 0.15) is 0 Å². The number of carbonyl (C=O) groups excluding carboxylic acids is 1. The van der Waals surface area contributed by atoms with Gasteiger partial charge in [-0.2, -0.15) is 5.10 Å². The molecule has 0 bridgehead atoms. The van der Waals surface area contributed by atoms with Crippen molar-refractivity contribution < 1.29 is 4.79 Å². The lowest BCUT2D eigenvalue weighted by molar-refractivity contribution is -0.116. The van der Waals surface area contributed by atoms with Crippen LogP contribution >= 0.6 is 46.6 Å². The summed E-state index contributed by atoms with van der Waals surface area (Å²) in [5.74, 6) is 0.264. The fourth-order valence-electron chi connectivity index (χ4n) is 1.18. The predicted molar refractivity (Wildman–Crippen MR) is 77.1 cm³/mol. The first-order valence-electron chi connectivity index (χ1n) is 4.75. The van der Waals surface area contributed by atoms with Crippen LogP contribution in [0.2, 0.25) is 15.1 Å². The Kier molecular flexibility index (Phi) is 4.50. The van der Waals surface area contributed by atoms with E-state index in [9.17, 15) is 4.79 Å². The SMILES string of the molecule is O=C1CSC(=NN=Cc2c(Cl)ccc(Cl)c2Cl)N1. The van der Waals surface area contributed by atoms with Crippen molar-refractivity contribution in [2.24, 2.45) is 10.2 Å². The molecule has 8 heteroatoms. The summed E-state index contributed by atoms with van der Waals surface area (Å²) in [6.07, 6.45) is 1.40. The average molecular weight is 323 g/mol. The Labute approximate surface area is 122 Å². The highest BCUT2D eigenvalue weighted by atomic mass is 35.5. The van der Waals surface area contributed by atoms with E-state index in [2.05, 4.69) is 15.5 Å².